The number of phenolic OH excluding ortho intramolecular Hbond substituents is 1. The first-order valence-electron chi connectivity index (χ1n) is 13.5. The van der Waals surface area contributed by atoms with Gasteiger partial charge >= 0.3 is 0 Å². The molecule has 9 nitrogen and oxygen atoms in total. The lowest BCUT2D eigenvalue weighted by Gasteiger charge is -2.59. The number of aliphatic hydroxyl groups is 2. The van der Waals surface area contributed by atoms with E-state index in [1.165, 1.54) is 34.0 Å². The Morgan fingerprint density at radius 1 is 1.21 bits per heavy atom. The zero-order valence-electron chi connectivity index (χ0n) is 22.8. The van der Waals surface area contributed by atoms with E-state index in [1.807, 2.05) is 13.0 Å². The first-order chi connectivity index (χ1) is 18.6. The number of aliphatic hydroxyl groups excluding tert-OH is 1. The fourth-order valence-corrected chi connectivity index (χ4v) is 7.01. The molecule has 4 aliphatic rings. The highest BCUT2D eigenvalue weighted by Crippen LogP contribution is 2.63. The van der Waals surface area contributed by atoms with Gasteiger partial charge in [0.25, 0.3) is 5.91 Å². The molecule has 2 aromatic carbocycles. The molecule has 208 valence electrons. The minimum absolute atomic E-state index is 0.0405. The van der Waals surface area contributed by atoms with Gasteiger partial charge in [-0.05, 0) is 75.8 Å². The number of ether oxygens (including phenoxy) is 3. The fraction of sp³-hybridized carbons (Fsp3) is 0.500. The Hall–Kier alpha value is -3.43. The van der Waals surface area contributed by atoms with Gasteiger partial charge in [-0.3, -0.25) is 9.69 Å². The van der Waals surface area contributed by atoms with E-state index in [0.29, 0.717) is 35.9 Å². The van der Waals surface area contributed by atoms with Crippen LogP contribution >= 0.6 is 0 Å². The van der Waals surface area contributed by atoms with E-state index in [-0.39, 0.29) is 28.9 Å². The second-order valence-electron chi connectivity index (χ2n) is 11.5. The number of anilines is 1. The van der Waals surface area contributed by atoms with Crippen molar-refractivity contribution in [3.05, 3.63) is 52.8 Å². The van der Waals surface area contributed by atoms with E-state index in [4.69, 9.17) is 14.2 Å². The Labute approximate surface area is 228 Å². The molecule has 0 unspecified atom stereocenters. The number of hydrogen-bond acceptors (Lipinski definition) is 8. The van der Waals surface area contributed by atoms with Crippen molar-refractivity contribution < 1.29 is 34.3 Å². The number of piperidine rings is 1. The molecule has 0 radical (unpaired) electrons. The van der Waals surface area contributed by atoms with Crippen LogP contribution in [0.1, 0.15) is 44.2 Å². The van der Waals surface area contributed by atoms with Gasteiger partial charge in [-0.25, -0.2) is 0 Å². The molecule has 9 heteroatoms. The van der Waals surface area contributed by atoms with E-state index >= 15 is 0 Å². The zero-order valence-corrected chi connectivity index (χ0v) is 22.8. The Balaban J connectivity index is 1.40. The van der Waals surface area contributed by atoms with Crippen molar-refractivity contribution in [2.24, 2.45) is 5.92 Å². The largest absolute Gasteiger partial charge is 0.508 e. The van der Waals surface area contributed by atoms with Crippen molar-refractivity contribution in [3.63, 3.8) is 0 Å². The molecule has 0 aromatic heterocycles. The van der Waals surface area contributed by atoms with E-state index in [0.717, 1.165) is 24.2 Å². The van der Waals surface area contributed by atoms with Gasteiger partial charge in [-0.2, -0.15) is 0 Å². The van der Waals surface area contributed by atoms with E-state index in [9.17, 15) is 20.1 Å². The van der Waals surface area contributed by atoms with Crippen LogP contribution in [0.4, 0.5) is 5.69 Å². The van der Waals surface area contributed by atoms with Crippen molar-refractivity contribution in [1.29, 1.82) is 0 Å². The number of hydrogen-bond donors (Lipinski definition) is 4. The number of methoxy groups -OCH3 is 2. The van der Waals surface area contributed by atoms with Crippen LogP contribution in [0.25, 0.3) is 0 Å². The maximum Gasteiger partial charge on any atom is 0.254 e. The molecule has 1 saturated heterocycles. The quantitative estimate of drug-likeness (QED) is 0.313. The number of phenols is 1. The molecule has 2 heterocycles. The normalized spacial score (nSPS) is 29.7. The predicted molar refractivity (Wildman–Crippen MR) is 145 cm³/mol. The molecule has 2 fully saturated rings. The summed E-state index contributed by atoms with van der Waals surface area (Å²) in [6, 6.07) is 8.37. The summed E-state index contributed by atoms with van der Waals surface area (Å²) in [7, 11) is 3.03. The molecule has 39 heavy (non-hydrogen) atoms. The predicted octanol–water partition coefficient (Wildman–Crippen LogP) is 3.67. The van der Waals surface area contributed by atoms with Gasteiger partial charge in [0.1, 0.15) is 17.3 Å². The summed E-state index contributed by atoms with van der Waals surface area (Å²) >= 11 is 0. The second kappa shape index (κ2) is 9.06. The molecular formula is C30H36N2O7. The lowest BCUT2D eigenvalue weighted by Crippen LogP contribution is -2.73. The van der Waals surface area contributed by atoms with Gasteiger partial charge in [-0.15, -0.1) is 0 Å². The molecule has 2 aliphatic carbocycles. The molecule has 1 amide bonds. The average Bonchev–Trinajstić information content (AvgIpc) is 3.66. The van der Waals surface area contributed by atoms with Gasteiger partial charge < -0.3 is 34.8 Å². The standard InChI is InChI=1S/C30H36N2O7/c1-16(28(35)31-20-14-19(37-3)8-10-22(20)38-4)25(34)27-30-11-12-32(15-17-5-6-17)23(29(30,2)36)13-18-7-9-21(33)26(39-27)24(18)30/h7-10,14,17,23,27,33-34,36H,5-6,11-13,15H2,1-4H3,(H,31,35)/b25-16-/t23-,27+,29-,30+/m1/s1. The number of rotatable bonds is 7. The molecule has 2 aromatic rings. The molecule has 2 bridgehead atoms. The first kappa shape index (κ1) is 25.8. The van der Waals surface area contributed by atoms with Crippen molar-refractivity contribution in [2.75, 3.05) is 32.6 Å². The third kappa shape index (κ3) is 3.77. The molecule has 1 spiro atoms. The number of fused-ring (bicyclic) bond motifs is 1. The highest BCUT2D eigenvalue weighted by molar-refractivity contribution is 6.04. The van der Waals surface area contributed by atoms with Crippen LogP contribution in [0.5, 0.6) is 23.0 Å². The maximum absolute atomic E-state index is 13.4. The summed E-state index contributed by atoms with van der Waals surface area (Å²) in [5, 5.41) is 37.5. The molecule has 6 rings (SSSR count). The van der Waals surface area contributed by atoms with Gasteiger partial charge in [0, 0.05) is 24.2 Å². The van der Waals surface area contributed by atoms with Gasteiger partial charge in [0.05, 0.1) is 36.5 Å². The van der Waals surface area contributed by atoms with E-state index in [2.05, 4.69) is 10.2 Å². The Morgan fingerprint density at radius 3 is 2.67 bits per heavy atom. The van der Waals surface area contributed by atoms with Crippen LogP contribution in [0.2, 0.25) is 0 Å². The van der Waals surface area contributed by atoms with Gasteiger partial charge in [0.15, 0.2) is 17.6 Å². The lowest BCUT2D eigenvalue weighted by atomic mass is 9.53. The minimum Gasteiger partial charge on any atom is -0.508 e. The number of carbonyl (C=O) groups excluding carboxylic acids is 1. The van der Waals surface area contributed by atoms with Crippen LogP contribution in [0.15, 0.2) is 41.7 Å². The van der Waals surface area contributed by atoms with E-state index < -0.39 is 23.0 Å². The van der Waals surface area contributed by atoms with Crippen LogP contribution in [-0.4, -0.2) is 71.2 Å². The van der Waals surface area contributed by atoms with Crippen LogP contribution in [0, 0.1) is 5.92 Å². The molecule has 4 atom stereocenters. The first-order valence-corrected chi connectivity index (χ1v) is 13.5. The fourth-order valence-electron chi connectivity index (χ4n) is 7.01. The second-order valence-corrected chi connectivity index (χ2v) is 11.5. The number of aromatic hydroxyl groups is 1. The minimum atomic E-state index is -1.28. The number of likely N-dealkylation sites (tertiary alicyclic amines) is 1. The molecular weight excluding hydrogens is 500 g/mol. The summed E-state index contributed by atoms with van der Waals surface area (Å²) in [5.74, 6) is 1.06. The van der Waals surface area contributed by atoms with Crippen molar-refractivity contribution in [1.82, 2.24) is 4.90 Å². The topological polar surface area (TPSA) is 121 Å². The molecule has 4 N–H and O–H groups in total. The molecule has 1 saturated carbocycles. The highest BCUT2D eigenvalue weighted by atomic mass is 16.5. The SMILES string of the molecule is COc1ccc(OC)c(NC(=O)/C(C)=C(\O)[C@@H]2Oc3c(O)ccc4c3[C@@]23CCN(CC2CC2)[C@H](C4)[C@@]3(C)O)c1. The lowest BCUT2D eigenvalue weighted by molar-refractivity contribution is -0.153. The third-order valence-electron chi connectivity index (χ3n) is 9.37. The van der Waals surface area contributed by atoms with Gasteiger partial charge in [-0.1, -0.05) is 6.07 Å². The summed E-state index contributed by atoms with van der Waals surface area (Å²) in [4.78, 5) is 15.8. The summed E-state index contributed by atoms with van der Waals surface area (Å²) in [6.45, 7) is 5.01. The number of nitrogens with one attached hydrogen (secondary N) is 1. The number of amides is 1. The number of carbonyl (C=O) groups is 1. The van der Waals surface area contributed by atoms with Crippen LogP contribution in [-0.2, 0) is 16.6 Å². The number of nitrogens with zero attached hydrogens (tertiary/aromatic N) is 1. The van der Waals surface area contributed by atoms with Crippen LogP contribution < -0.4 is 19.5 Å². The monoisotopic (exact) mass is 536 g/mol. The van der Waals surface area contributed by atoms with Crippen LogP contribution in [0.3, 0.4) is 0 Å². The van der Waals surface area contributed by atoms with Gasteiger partial charge in [0.2, 0.25) is 0 Å². The zero-order chi connectivity index (χ0) is 27.7. The summed E-state index contributed by atoms with van der Waals surface area (Å²) in [5.41, 5.74) is -0.129. The Kier molecular flexibility index (Phi) is 6.00. The highest BCUT2D eigenvalue weighted by Gasteiger charge is 2.69. The number of benzene rings is 2. The third-order valence-corrected chi connectivity index (χ3v) is 9.37. The van der Waals surface area contributed by atoms with E-state index in [1.54, 1.807) is 24.3 Å². The summed E-state index contributed by atoms with van der Waals surface area (Å²) < 4.78 is 17.0. The average molecular weight is 537 g/mol. The maximum atomic E-state index is 13.4. The summed E-state index contributed by atoms with van der Waals surface area (Å²) in [6.07, 6.45) is 2.53. The Morgan fingerprint density at radius 2 is 1.97 bits per heavy atom. The molecule has 2 aliphatic heterocycles. The smallest absolute Gasteiger partial charge is 0.254 e. The van der Waals surface area contributed by atoms with Crippen molar-refractivity contribution in [2.45, 2.75) is 62.7 Å². The Bertz CT molecular complexity index is 1370. The van der Waals surface area contributed by atoms with Crippen molar-refractivity contribution in [3.8, 4) is 23.0 Å². The van der Waals surface area contributed by atoms with Crippen molar-refractivity contribution >= 4 is 11.6 Å².